The Balaban J connectivity index is 2.33. The number of aromatic hydroxyl groups is 1. The molecule has 0 atom stereocenters. The number of nitrogens with one attached hydrogen (secondary N) is 2. The number of rotatable bonds is 1. The summed E-state index contributed by atoms with van der Waals surface area (Å²) in [7, 11) is 0. The number of fused-ring (bicyclic) bond motifs is 1. The molecule has 15 heavy (non-hydrogen) atoms. The zero-order valence-corrected chi connectivity index (χ0v) is 7.86. The molecule has 4 heteroatoms. The molecule has 3 aromatic rings. The van der Waals surface area contributed by atoms with Gasteiger partial charge in [-0.2, -0.15) is 0 Å². The van der Waals surface area contributed by atoms with E-state index in [0.717, 1.165) is 16.6 Å². The average molecular weight is 199 g/mol. The highest BCUT2D eigenvalue weighted by Crippen LogP contribution is 2.34. The van der Waals surface area contributed by atoms with Crippen LogP contribution in [0.15, 0.2) is 36.8 Å². The fourth-order valence-corrected chi connectivity index (χ4v) is 1.71. The number of hydrogen-bond acceptors (Lipinski definition) is 2. The number of H-pyrrole nitrogens is 2. The lowest BCUT2D eigenvalue weighted by atomic mass is 10.2. The molecule has 0 aliphatic carbocycles. The molecule has 0 unspecified atom stereocenters. The van der Waals surface area contributed by atoms with Gasteiger partial charge in [-0.1, -0.05) is 12.1 Å². The minimum atomic E-state index is 0.259. The summed E-state index contributed by atoms with van der Waals surface area (Å²) >= 11 is 0. The summed E-state index contributed by atoms with van der Waals surface area (Å²) in [4.78, 5) is 10.0. The van der Waals surface area contributed by atoms with Gasteiger partial charge in [0.2, 0.25) is 0 Å². The molecule has 0 aliphatic heterocycles. The maximum atomic E-state index is 9.98. The number of imidazole rings is 1. The van der Waals surface area contributed by atoms with Crippen molar-refractivity contribution in [2.24, 2.45) is 0 Å². The second kappa shape index (κ2) is 2.88. The van der Waals surface area contributed by atoms with Crippen LogP contribution in [0.3, 0.4) is 0 Å². The van der Waals surface area contributed by atoms with Crippen molar-refractivity contribution in [3.05, 3.63) is 36.8 Å². The Bertz CT molecular complexity index is 595. The zero-order chi connectivity index (χ0) is 10.3. The van der Waals surface area contributed by atoms with Crippen LogP contribution in [0, 0.1) is 0 Å². The van der Waals surface area contributed by atoms with E-state index >= 15 is 0 Å². The molecule has 0 fully saturated rings. The minimum absolute atomic E-state index is 0.259. The van der Waals surface area contributed by atoms with Crippen molar-refractivity contribution in [3.8, 4) is 17.1 Å². The maximum Gasteiger partial charge on any atom is 0.150 e. The molecule has 2 aromatic heterocycles. The van der Waals surface area contributed by atoms with E-state index in [0.29, 0.717) is 5.69 Å². The second-order valence-corrected chi connectivity index (χ2v) is 3.36. The maximum absolute atomic E-state index is 9.98. The number of nitrogens with zero attached hydrogens (tertiary/aromatic N) is 1. The van der Waals surface area contributed by atoms with Crippen LogP contribution in [0.5, 0.6) is 5.75 Å². The first-order valence-electron chi connectivity index (χ1n) is 4.64. The molecular weight excluding hydrogens is 190 g/mol. The van der Waals surface area contributed by atoms with Crippen molar-refractivity contribution in [1.82, 2.24) is 15.0 Å². The summed E-state index contributed by atoms with van der Waals surface area (Å²) in [5.74, 6) is 0.259. The number of aromatic nitrogens is 3. The summed E-state index contributed by atoms with van der Waals surface area (Å²) in [5, 5.41) is 10.8. The van der Waals surface area contributed by atoms with Gasteiger partial charge in [-0.15, -0.1) is 0 Å². The highest BCUT2D eigenvalue weighted by molar-refractivity contribution is 5.93. The molecule has 3 rings (SSSR count). The molecule has 0 saturated heterocycles. The molecule has 2 heterocycles. The fraction of sp³-hybridized carbons (Fsp3) is 0. The molecule has 3 N–H and O–H groups in total. The highest BCUT2D eigenvalue weighted by Gasteiger charge is 2.11. The Morgan fingerprint density at radius 2 is 2.07 bits per heavy atom. The van der Waals surface area contributed by atoms with E-state index in [9.17, 15) is 5.11 Å². The van der Waals surface area contributed by atoms with Gasteiger partial charge in [-0.3, -0.25) is 0 Å². The number of aromatic amines is 2. The number of hydrogen-bond donors (Lipinski definition) is 3. The third kappa shape index (κ3) is 1.11. The van der Waals surface area contributed by atoms with Crippen molar-refractivity contribution in [2.45, 2.75) is 0 Å². The molecule has 4 nitrogen and oxygen atoms in total. The third-order valence-electron chi connectivity index (χ3n) is 2.45. The van der Waals surface area contributed by atoms with Crippen molar-refractivity contribution in [3.63, 3.8) is 0 Å². The summed E-state index contributed by atoms with van der Waals surface area (Å²) in [6.45, 7) is 0. The van der Waals surface area contributed by atoms with E-state index in [2.05, 4.69) is 15.0 Å². The molecule has 0 radical (unpaired) electrons. The smallest absolute Gasteiger partial charge is 0.150 e. The number of benzene rings is 1. The first-order chi connectivity index (χ1) is 7.36. The Labute approximate surface area is 85.6 Å². The summed E-state index contributed by atoms with van der Waals surface area (Å²) in [5.41, 5.74) is 2.37. The number of para-hydroxylation sites is 1. The van der Waals surface area contributed by atoms with E-state index in [1.54, 1.807) is 12.5 Å². The normalized spacial score (nSPS) is 10.9. The molecule has 0 bridgehead atoms. The molecule has 0 aliphatic rings. The molecule has 0 spiro atoms. The van der Waals surface area contributed by atoms with Gasteiger partial charge in [0.05, 0.1) is 18.2 Å². The van der Waals surface area contributed by atoms with Gasteiger partial charge in [-0.25, -0.2) is 4.98 Å². The van der Waals surface area contributed by atoms with Gasteiger partial charge >= 0.3 is 0 Å². The van der Waals surface area contributed by atoms with Gasteiger partial charge in [-0.05, 0) is 12.1 Å². The molecule has 1 aromatic carbocycles. The molecule has 0 saturated carbocycles. The third-order valence-corrected chi connectivity index (χ3v) is 2.45. The van der Waals surface area contributed by atoms with E-state index in [1.165, 1.54) is 0 Å². The topological polar surface area (TPSA) is 64.7 Å². The van der Waals surface area contributed by atoms with Gasteiger partial charge in [0.15, 0.2) is 5.75 Å². The van der Waals surface area contributed by atoms with Gasteiger partial charge in [0.1, 0.15) is 5.69 Å². The minimum Gasteiger partial charge on any atom is -0.505 e. The van der Waals surface area contributed by atoms with E-state index < -0.39 is 0 Å². The zero-order valence-electron chi connectivity index (χ0n) is 7.86. The van der Waals surface area contributed by atoms with Crippen LogP contribution in [-0.4, -0.2) is 20.1 Å². The highest BCUT2D eigenvalue weighted by atomic mass is 16.3. The molecular formula is C11H9N3O. The lowest BCUT2D eigenvalue weighted by Gasteiger charge is -1.92. The first-order valence-corrected chi connectivity index (χ1v) is 4.64. The fourth-order valence-electron chi connectivity index (χ4n) is 1.71. The van der Waals surface area contributed by atoms with E-state index in [4.69, 9.17) is 0 Å². The standard InChI is InChI=1S/C11H9N3O/c15-11-7-3-1-2-4-8(7)14-10(11)9-5-12-6-13-9/h1-6,14-15H,(H,12,13). The van der Waals surface area contributed by atoms with Crippen LogP contribution in [0.2, 0.25) is 0 Å². The quantitative estimate of drug-likeness (QED) is 0.562. The Kier molecular flexibility index (Phi) is 1.56. The monoisotopic (exact) mass is 199 g/mol. The Morgan fingerprint density at radius 3 is 2.80 bits per heavy atom. The van der Waals surface area contributed by atoms with Crippen LogP contribution >= 0.6 is 0 Å². The van der Waals surface area contributed by atoms with E-state index in [-0.39, 0.29) is 5.75 Å². The van der Waals surface area contributed by atoms with Crippen molar-refractivity contribution < 1.29 is 5.11 Å². The molecule has 0 amide bonds. The first kappa shape index (κ1) is 8.11. The van der Waals surface area contributed by atoms with Crippen LogP contribution in [0.1, 0.15) is 0 Å². The second-order valence-electron chi connectivity index (χ2n) is 3.36. The van der Waals surface area contributed by atoms with Crippen molar-refractivity contribution in [1.29, 1.82) is 0 Å². The largest absolute Gasteiger partial charge is 0.505 e. The van der Waals surface area contributed by atoms with Gasteiger partial charge in [0.25, 0.3) is 0 Å². The van der Waals surface area contributed by atoms with E-state index in [1.807, 2.05) is 24.3 Å². The van der Waals surface area contributed by atoms with Crippen molar-refractivity contribution >= 4 is 10.9 Å². The van der Waals surface area contributed by atoms with Crippen LogP contribution in [0.25, 0.3) is 22.3 Å². The van der Waals surface area contributed by atoms with Gasteiger partial charge < -0.3 is 15.1 Å². The van der Waals surface area contributed by atoms with Gasteiger partial charge in [0, 0.05) is 10.9 Å². The SMILES string of the molecule is Oc1c(-c2cnc[nH]2)[nH]c2ccccc12. The average Bonchev–Trinajstić information content (AvgIpc) is 2.87. The predicted octanol–water partition coefficient (Wildman–Crippen LogP) is 2.26. The lowest BCUT2D eigenvalue weighted by molar-refractivity contribution is 0.483. The predicted molar refractivity (Wildman–Crippen MR) is 57.5 cm³/mol. The summed E-state index contributed by atoms with van der Waals surface area (Å²) < 4.78 is 0. The lowest BCUT2D eigenvalue weighted by Crippen LogP contribution is -1.75. The van der Waals surface area contributed by atoms with Crippen LogP contribution in [-0.2, 0) is 0 Å². The summed E-state index contributed by atoms with van der Waals surface area (Å²) in [6.07, 6.45) is 3.25. The molecule has 74 valence electrons. The summed E-state index contributed by atoms with van der Waals surface area (Å²) in [6, 6.07) is 7.62. The van der Waals surface area contributed by atoms with Crippen LogP contribution in [0.4, 0.5) is 0 Å². The Hall–Kier alpha value is -2.23. The van der Waals surface area contributed by atoms with Crippen LogP contribution < -0.4 is 0 Å². The van der Waals surface area contributed by atoms with Crippen molar-refractivity contribution in [2.75, 3.05) is 0 Å². The Morgan fingerprint density at radius 1 is 1.20 bits per heavy atom.